The van der Waals surface area contributed by atoms with Crippen molar-refractivity contribution in [3.63, 3.8) is 0 Å². The number of nitrogens with one attached hydrogen (secondary N) is 1. The van der Waals surface area contributed by atoms with E-state index in [1.807, 2.05) is 0 Å². The lowest BCUT2D eigenvalue weighted by Gasteiger charge is -2.20. The molecule has 1 atom stereocenters. The van der Waals surface area contributed by atoms with Crippen LogP contribution in [0, 0.1) is 12.8 Å². The first-order valence-electron chi connectivity index (χ1n) is 6.65. The molecule has 0 amide bonds. The molecule has 0 unspecified atom stereocenters. The molecular formula is C15H22BrN. The first-order chi connectivity index (χ1) is 8.16. The van der Waals surface area contributed by atoms with Crippen molar-refractivity contribution in [1.82, 2.24) is 5.32 Å². The van der Waals surface area contributed by atoms with Crippen LogP contribution in [-0.2, 0) is 6.54 Å². The minimum Gasteiger partial charge on any atom is -0.310 e. The van der Waals surface area contributed by atoms with Gasteiger partial charge in [0.15, 0.2) is 0 Å². The minimum atomic E-state index is 0.654. The summed E-state index contributed by atoms with van der Waals surface area (Å²) in [6.07, 6.45) is 5.67. The highest BCUT2D eigenvalue weighted by molar-refractivity contribution is 9.10. The molecule has 94 valence electrons. The highest BCUT2D eigenvalue weighted by Crippen LogP contribution is 2.27. The fourth-order valence-corrected chi connectivity index (χ4v) is 2.97. The molecule has 1 aromatic rings. The van der Waals surface area contributed by atoms with Crippen LogP contribution in [0.25, 0.3) is 0 Å². The van der Waals surface area contributed by atoms with E-state index in [-0.39, 0.29) is 0 Å². The first kappa shape index (κ1) is 13.1. The molecule has 0 spiro atoms. The fraction of sp³-hybridized carbons (Fsp3) is 0.600. The van der Waals surface area contributed by atoms with Gasteiger partial charge >= 0.3 is 0 Å². The van der Waals surface area contributed by atoms with E-state index in [0.29, 0.717) is 6.04 Å². The molecule has 2 heteroatoms. The van der Waals surface area contributed by atoms with E-state index in [2.05, 4.69) is 53.3 Å². The third-order valence-electron chi connectivity index (χ3n) is 3.96. The van der Waals surface area contributed by atoms with Gasteiger partial charge in [0, 0.05) is 17.1 Å². The van der Waals surface area contributed by atoms with Crippen molar-refractivity contribution in [2.24, 2.45) is 5.92 Å². The molecule has 0 radical (unpaired) electrons. The molecule has 1 nitrogen and oxygen atoms in total. The first-order valence-corrected chi connectivity index (χ1v) is 7.44. The summed E-state index contributed by atoms with van der Waals surface area (Å²) in [7, 11) is 0. The van der Waals surface area contributed by atoms with Crippen LogP contribution in [0.15, 0.2) is 22.7 Å². The van der Waals surface area contributed by atoms with Crippen molar-refractivity contribution in [3.05, 3.63) is 33.8 Å². The summed E-state index contributed by atoms with van der Waals surface area (Å²) in [5.41, 5.74) is 2.70. The van der Waals surface area contributed by atoms with Crippen LogP contribution in [0.4, 0.5) is 0 Å². The lowest BCUT2D eigenvalue weighted by molar-refractivity contribution is 0.380. The van der Waals surface area contributed by atoms with E-state index < -0.39 is 0 Å². The standard InChI is InChI=1S/C15H22BrN/c1-11-9-13(7-8-15(11)16)10-17-12(2)14-5-3-4-6-14/h7-9,12,14,17H,3-6,10H2,1-2H3/t12-/m1/s1. The molecule has 17 heavy (non-hydrogen) atoms. The van der Waals surface area contributed by atoms with Gasteiger partial charge in [-0.05, 0) is 49.8 Å². The largest absolute Gasteiger partial charge is 0.310 e. The van der Waals surface area contributed by atoms with Crippen LogP contribution in [0.3, 0.4) is 0 Å². The molecule has 1 fully saturated rings. The smallest absolute Gasteiger partial charge is 0.0208 e. The fourth-order valence-electron chi connectivity index (χ4n) is 2.72. The van der Waals surface area contributed by atoms with Gasteiger partial charge in [-0.1, -0.05) is 40.9 Å². The van der Waals surface area contributed by atoms with E-state index in [0.717, 1.165) is 12.5 Å². The van der Waals surface area contributed by atoms with Gasteiger partial charge in [0.2, 0.25) is 0 Å². The molecular weight excluding hydrogens is 274 g/mol. The maximum absolute atomic E-state index is 3.67. The average molecular weight is 296 g/mol. The molecule has 1 aliphatic carbocycles. The Morgan fingerprint density at radius 1 is 1.35 bits per heavy atom. The maximum Gasteiger partial charge on any atom is 0.0208 e. The van der Waals surface area contributed by atoms with Crippen molar-refractivity contribution in [2.75, 3.05) is 0 Å². The van der Waals surface area contributed by atoms with Crippen LogP contribution in [0.2, 0.25) is 0 Å². The van der Waals surface area contributed by atoms with Crippen molar-refractivity contribution in [1.29, 1.82) is 0 Å². The van der Waals surface area contributed by atoms with E-state index >= 15 is 0 Å². The number of hydrogen-bond donors (Lipinski definition) is 1. The number of benzene rings is 1. The molecule has 2 rings (SSSR count). The zero-order valence-corrected chi connectivity index (χ0v) is 12.4. The Kier molecular flexibility index (Phi) is 4.63. The molecule has 1 aliphatic rings. The van der Waals surface area contributed by atoms with Crippen LogP contribution in [0.1, 0.15) is 43.7 Å². The lowest BCUT2D eigenvalue weighted by atomic mass is 9.99. The van der Waals surface area contributed by atoms with Gasteiger partial charge in [0.25, 0.3) is 0 Å². The summed E-state index contributed by atoms with van der Waals surface area (Å²) in [5.74, 6) is 0.895. The van der Waals surface area contributed by atoms with Gasteiger partial charge < -0.3 is 5.32 Å². The van der Waals surface area contributed by atoms with E-state index in [1.54, 1.807) is 0 Å². The monoisotopic (exact) mass is 295 g/mol. The SMILES string of the molecule is Cc1cc(CN[C@H](C)C2CCCC2)ccc1Br. The van der Waals surface area contributed by atoms with Gasteiger partial charge in [0.1, 0.15) is 0 Å². The van der Waals surface area contributed by atoms with E-state index in [1.165, 1.54) is 41.3 Å². The Morgan fingerprint density at radius 3 is 2.71 bits per heavy atom. The Hall–Kier alpha value is -0.340. The topological polar surface area (TPSA) is 12.0 Å². The molecule has 1 aromatic carbocycles. The van der Waals surface area contributed by atoms with Crippen LogP contribution >= 0.6 is 15.9 Å². The van der Waals surface area contributed by atoms with Crippen LogP contribution in [0.5, 0.6) is 0 Å². The predicted octanol–water partition coefficient (Wildman–Crippen LogP) is 4.43. The molecule has 0 saturated heterocycles. The Balaban J connectivity index is 1.86. The second-order valence-electron chi connectivity index (χ2n) is 5.30. The van der Waals surface area contributed by atoms with E-state index in [9.17, 15) is 0 Å². The summed E-state index contributed by atoms with van der Waals surface area (Å²) < 4.78 is 1.20. The Labute approximate surface area is 113 Å². The average Bonchev–Trinajstić information content (AvgIpc) is 2.84. The Morgan fingerprint density at radius 2 is 2.06 bits per heavy atom. The summed E-state index contributed by atoms with van der Waals surface area (Å²) in [5, 5.41) is 3.67. The van der Waals surface area contributed by atoms with Crippen molar-refractivity contribution in [3.8, 4) is 0 Å². The minimum absolute atomic E-state index is 0.654. The van der Waals surface area contributed by atoms with Gasteiger partial charge in [-0.2, -0.15) is 0 Å². The van der Waals surface area contributed by atoms with Gasteiger partial charge in [0.05, 0.1) is 0 Å². The molecule has 0 bridgehead atoms. The molecule has 0 heterocycles. The summed E-state index contributed by atoms with van der Waals surface area (Å²) >= 11 is 3.54. The molecule has 0 aliphatic heterocycles. The Bertz CT molecular complexity index is 369. The maximum atomic E-state index is 3.67. The van der Waals surface area contributed by atoms with E-state index in [4.69, 9.17) is 0 Å². The molecule has 0 aromatic heterocycles. The third kappa shape index (κ3) is 3.56. The van der Waals surface area contributed by atoms with Crippen LogP contribution in [-0.4, -0.2) is 6.04 Å². The quantitative estimate of drug-likeness (QED) is 0.867. The summed E-state index contributed by atoms with van der Waals surface area (Å²) in [4.78, 5) is 0. The van der Waals surface area contributed by atoms with Crippen LogP contribution < -0.4 is 5.32 Å². The number of halogens is 1. The van der Waals surface area contributed by atoms with Crippen molar-refractivity contribution in [2.45, 2.75) is 52.1 Å². The zero-order valence-electron chi connectivity index (χ0n) is 10.8. The number of rotatable bonds is 4. The second kappa shape index (κ2) is 6.01. The zero-order chi connectivity index (χ0) is 12.3. The second-order valence-corrected chi connectivity index (χ2v) is 6.15. The lowest BCUT2D eigenvalue weighted by Crippen LogP contribution is -2.31. The van der Waals surface area contributed by atoms with Gasteiger partial charge in [-0.15, -0.1) is 0 Å². The molecule has 1 N–H and O–H groups in total. The third-order valence-corrected chi connectivity index (χ3v) is 4.85. The van der Waals surface area contributed by atoms with Gasteiger partial charge in [-0.25, -0.2) is 0 Å². The van der Waals surface area contributed by atoms with Crippen molar-refractivity contribution >= 4 is 15.9 Å². The summed E-state index contributed by atoms with van der Waals surface area (Å²) in [6.45, 7) is 5.47. The predicted molar refractivity (Wildman–Crippen MR) is 77.1 cm³/mol. The molecule has 1 saturated carbocycles. The highest BCUT2D eigenvalue weighted by Gasteiger charge is 2.20. The normalized spacial score (nSPS) is 18.5. The van der Waals surface area contributed by atoms with Gasteiger partial charge in [-0.3, -0.25) is 0 Å². The summed E-state index contributed by atoms with van der Waals surface area (Å²) in [6, 6.07) is 7.26. The highest BCUT2D eigenvalue weighted by atomic mass is 79.9. The number of hydrogen-bond acceptors (Lipinski definition) is 1. The number of aryl methyl sites for hydroxylation is 1. The van der Waals surface area contributed by atoms with Crippen molar-refractivity contribution < 1.29 is 0 Å².